The number of ether oxygens (including phenoxy) is 4. The number of rotatable bonds is 13. The molecule has 5 aromatic rings. The van der Waals surface area contributed by atoms with Gasteiger partial charge in [0.25, 0.3) is 0 Å². The monoisotopic (exact) mass is 704 g/mol. The van der Waals surface area contributed by atoms with Crippen molar-refractivity contribution in [3.05, 3.63) is 167 Å². The van der Waals surface area contributed by atoms with E-state index in [1.807, 2.05) is 84.9 Å². The van der Waals surface area contributed by atoms with Gasteiger partial charge >= 0.3 is 6.09 Å². The number of imide groups is 1. The second kappa shape index (κ2) is 15.8. The van der Waals surface area contributed by atoms with E-state index < -0.39 is 47.4 Å². The molecule has 8 nitrogen and oxygen atoms in total. The SMILES string of the molecule is O=C1OC[C@H](c2ccccc2)N1C(=O)[C@H](CCC1(c2ccc(F)cc2)OCCO1)[C@H](Nc1ccc(F)cc1)c1ccc(OCc2ccccc2)cc1. The lowest BCUT2D eigenvalue weighted by atomic mass is 9.84. The largest absolute Gasteiger partial charge is 0.489 e. The van der Waals surface area contributed by atoms with Crippen molar-refractivity contribution in [2.75, 3.05) is 25.1 Å². The Kier molecular flexibility index (Phi) is 10.6. The summed E-state index contributed by atoms with van der Waals surface area (Å²) in [4.78, 5) is 29.6. The highest BCUT2D eigenvalue weighted by Crippen LogP contribution is 2.42. The summed E-state index contributed by atoms with van der Waals surface area (Å²) < 4.78 is 51.9. The second-order valence-corrected chi connectivity index (χ2v) is 12.8. The van der Waals surface area contributed by atoms with E-state index in [0.717, 1.165) is 16.7 Å². The van der Waals surface area contributed by atoms with Crippen LogP contribution < -0.4 is 10.1 Å². The molecule has 0 spiro atoms. The number of hydrogen-bond donors (Lipinski definition) is 1. The van der Waals surface area contributed by atoms with Gasteiger partial charge in [-0.15, -0.1) is 0 Å². The highest BCUT2D eigenvalue weighted by molar-refractivity contribution is 5.95. The van der Waals surface area contributed by atoms with Crippen LogP contribution >= 0.6 is 0 Å². The Hall–Kier alpha value is -5.58. The zero-order valence-corrected chi connectivity index (χ0v) is 28.3. The third-order valence-electron chi connectivity index (χ3n) is 9.49. The predicted molar refractivity (Wildman–Crippen MR) is 190 cm³/mol. The summed E-state index contributed by atoms with van der Waals surface area (Å²) in [5.41, 5.74) is 3.68. The number of hydrogen-bond acceptors (Lipinski definition) is 7. The molecule has 2 amide bonds. The van der Waals surface area contributed by atoms with Gasteiger partial charge < -0.3 is 24.3 Å². The van der Waals surface area contributed by atoms with E-state index in [0.29, 0.717) is 36.8 Å². The maximum Gasteiger partial charge on any atom is 0.417 e. The van der Waals surface area contributed by atoms with Crippen LogP contribution in [0.25, 0.3) is 0 Å². The van der Waals surface area contributed by atoms with E-state index >= 15 is 0 Å². The van der Waals surface area contributed by atoms with Crippen molar-refractivity contribution in [1.29, 1.82) is 0 Å². The first-order valence-electron chi connectivity index (χ1n) is 17.3. The lowest BCUT2D eigenvalue weighted by Crippen LogP contribution is -2.43. The zero-order valence-electron chi connectivity index (χ0n) is 28.3. The number of halogens is 2. The van der Waals surface area contributed by atoms with E-state index in [1.54, 1.807) is 24.3 Å². The fourth-order valence-electron chi connectivity index (χ4n) is 6.81. The Morgan fingerprint density at radius 1 is 0.808 bits per heavy atom. The van der Waals surface area contributed by atoms with Crippen LogP contribution in [0.5, 0.6) is 5.75 Å². The molecule has 1 N–H and O–H groups in total. The van der Waals surface area contributed by atoms with Gasteiger partial charge in [-0.25, -0.2) is 18.5 Å². The molecule has 2 heterocycles. The number of anilines is 1. The molecule has 0 bridgehead atoms. The molecular formula is C42H38F2N2O6. The van der Waals surface area contributed by atoms with Crippen molar-refractivity contribution in [2.24, 2.45) is 5.92 Å². The number of cyclic esters (lactones) is 1. The quantitative estimate of drug-likeness (QED) is 0.131. The average Bonchev–Trinajstić information content (AvgIpc) is 3.83. The molecule has 266 valence electrons. The first kappa shape index (κ1) is 34.9. The van der Waals surface area contributed by atoms with Crippen molar-refractivity contribution in [3.63, 3.8) is 0 Å². The molecule has 52 heavy (non-hydrogen) atoms. The van der Waals surface area contributed by atoms with Crippen LogP contribution in [0.1, 0.15) is 47.2 Å². The minimum Gasteiger partial charge on any atom is -0.489 e. The molecule has 0 unspecified atom stereocenters. The molecular weight excluding hydrogens is 666 g/mol. The molecule has 7 rings (SSSR count). The fourth-order valence-corrected chi connectivity index (χ4v) is 6.81. The van der Waals surface area contributed by atoms with Crippen molar-refractivity contribution in [1.82, 2.24) is 4.90 Å². The molecule has 10 heteroatoms. The Labute approximate surface area is 300 Å². The van der Waals surface area contributed by atoms with Gasteiger partial charge in [0.05, 0.1) is 25.2 Å². The van der Waals surface area contributed by atoms with Crippen molar-refractivity contribution >= 4 is 17.7 Å². The van der Waals surface area contributed by atoms with Crippen molar-refractivity contribution in [2.45, 2.75) is 37.3 Å². The number of carbonyl (C=O) groups is 2. The number of nitrogens with one attached hydrogen (secondary N) is 1. The number of amides is 2. The Morgan fingerprint density at radius 3 is 2.08 bits per heavy atom. The fraction of sp³-hybridized carbons (Fsp3) is 0.238. The first-order valence-corrected chi connectivity index (χ1v) is 17.3. The van der Waals surface area contributed by atoms with Gasteiger partial charge in [-0.1, -0.05) is 84.9 Å². The first-order chi connectivity index (χ1) is 25.4. The van der Waals surface area contributed by atoms with Gasteiger partial charge in [0.15, 0.2) is 5.79 Å². The Bertz CT molecular complexity index is 1940. The second-order valence-electron chi connectivity index (χ2n) is 12.8. The highest BCUT2D eigenvalue weighted by atomic mass is 19.1. The third-order valence-corrected chi connectivity index (χ3v) is 9.49. The molecule has 2 aliphatic heterocycles. The van der Waals surface area contributed by atoms with Crippen LogP contribution in [0.2, 0.25) is 0 Å². The minimum absolute atomic E-state index is 0.0105. The summed E-state index contributed by atoms with van der Waals surface area (Å²) >= 11 is 0. The molecule has 5 aromatic carbocycles. The summed E-state index contributed by atoms with van der Waals surface area (Å²) in [6.45, 7) is 1.01. The molecule has 3 atom stereocenters. The lowest BCUT2D eigenvalue weighted by molar-refractivity contribution is -0.174. The van der Waals surface area contributed by atoms with Crippen LogP contribution in [-0.2, 0) is 31.4 Å². The van der Waals surface area contributed by atoms with Gasteiger partial charge in [0.1, 0.15) is 36.6 Å². The van der Waals surface area contributed by atoms with Crippen LogP contribution in [0.15, 0.2) is 133 Å². The topological polar surface area (TPSA) is 86.3 Å². The molecule has 0 aromatic heterocycles. The Balaban J connectivity index is 1.26. The molecule has 0 saturated carbocycles. The number of carbonyl (C=O) groups excluding carboxylic acids is 2. The summed E-state index contributed by atoms with van der Waals surface area (Å²) in [5, 5.41) is 3.47. The van der Waals surface area contributed by atoms with E-state index in [1.165, 1.54) is 29.2 Å². The molecule has 0 radical (unpaired) electrons. The van der Waals surface area contributed by atoms with E-state index in [-0.39, 0.29) is 19.4 Å². The van der Waals surface area contributed by atoms with Crippen molar-refractivity contribution < 1.29 is 37.3 Å². The van der Waals surface area contributed by atoms with Crippen LogP contribution in [0, 0.1) is 17.6 Å². The lowest BCUT2D eigenvalue weighted by Gasteiger charge is -2.35. The summed E-state index contributed by atoms with van der Waals surface area (Å²) in [5.74, 6) is -2.78. The predicted octanol–water partition coefficient (Wildman–Crippen LogP) is 8.71. The molecule has 0 aliphatic carbocycles. The summed E-state index contributed by atoms with van der Waals surface area (Å²) in [6.07, 6.45) is -0.365. The van der Waals surface area contributed by atoms with Gasteiger partial charge in [0.2, 0.25) is 5.91 Å². The zero-order chi connectivity index (χ0) is 35.9. The summed E-state index contributed by atoms with van der Waals surface area (Å²) in [6, 6.07) is 36.9. The minimum atomic E-state index is -1.24. The van der Waals surface area contributed by atoms with Crippen LogP contribution in [0.4, 0.5) is 19.3 Å². The Morgan fingerprint density at radius 2 is 1.42 bits per heavy atom. The highest BCUT2D eigenvalue weighted by Gasteiger charge is 2.46. The number of nitrogens with zero attached hydrogens (tertiary/aromatic N) is 1. The van der Waals surface area contributed by atoms with E-state index in [9.17, 15) is 18.4 Å². The summed E-state index contributed by atoms with van der Waals surface area (Å²) in [7, 11) is 0. The molecule has 2 aliphatic rings. The maximum absolute atomic E-state index is 15.0. The van der Waals surface area contributed by atoms with E-state index in [2.05, 4.69) is 5.32 Å². The maximum atomic E-state index is 15.0. The van der Waals surface area contributed by atoms with Crippen molar-refractivity contribution in [3.8, 4) is 5.75 Å². The van der Waals surface area contributed by atoms with Gasteiger partial charge in [-0.05, 0) is 71.6 Å². The van der Waals surface area contributed by atoms with Crippen LogP contribution in [-0.4, -0.2) is 36.7 Å². The standard InChI is InChI=1S/C42H38F2N2O6/c43-33-15-13-32(14-16-33)42(51-25-26-52-42)24-23-37(40(47)46-38(28-50-41(46)48)30-9-5-2-6-10-30)39(45-35-19-17-34(44)18-20-35)31-11-21-36(22-12-31)49-27-29-7-3-1-4-8-29/h1-22,37-39,45H,23-28H2/t37-,38-,39-/m1/s1. The molecule has 2 saturated heterocycles. The number of benzene rings is 5. The molecule has 2 fully saturated rings. The average molecular weight is 705 g/mol. The van der Waals surface area contributed by atoms with Gasteiger partial charge in [0, 0.05) is 17.7 Å². The van der Waals surface area contributed by atoms with Gasteiger partial charge in [-0.2, -0.15) is 0 Å². The van der Waals surface area contributed by atoms with Crippen LogP contribution in [0.3, 0.4) is 0 Å². The third kappa shape index (κ3) is 7.83. The van der Waals surface area contributed by atoms with Gasteiger partial charge in [-0.3, -0.25) is 4.79 Å². The smallest absolute Gasteiger partial charge is 0.417 e. The normalized spacial score (nSPS) is 17.7. The van der Waals surface area contributed by atoms with E-state index in [4.69, 9.17) is 18.9 Å².